The number of nitrogens with one attached hydrogen (secondary N) is 3. The van der Waals surface area contributed by atoms with E-state index in [1.54, 1.807) is 33.1 Å². The maximum atomic E-state index is 12.0. The number of amides is 3. The number of rotatable bonds is 33. The monoisotopic (exact) mass is 1980 g/mol. The van der Waals surface area contributed by atoms with Gasteiger partial charge in [0.1, 0.15) is 28.7 Å². The van der Waals surface area contributed by atoms with Crippen LogP contribution in [0, 0.1) is 76.2 Å². The maximum Gasteiger partial charge on any atom is 0.573 e. The number of methoxy groups -OCH3 is 1. The number of halogens is 6. The molecule has 13 rings (SSSR count). The minimum atomic E-state index is -4.60. The molecule has 3 atom stereocenters. The first-order chi connectivity index (χ1) is 62.9. The molecule has 11 aromatic carbocycles. The van der Waals surface area contributed by atoms with Crippen LogP contribution in [0.1, 0.15) is 282 Å². The summed E-state index contributed by atoms with van der Waals surface area (Å²) in [6.07, 6.45) is 14.3. The van der Waals surface area contributed by atoms with Crippen molar-refractivity contribution in [2.24, 2.45) is 5.73 Å². The number of hydrogen-bond donors (Lipinski definition) is 4. The van der Waals surface area contributed by atoms with Crippen molar-refractivity contribution in [1.82, 2.24) is 16.0 Å². The number of nitrogens with two attached hydrogens (primary N) is 1. The van der Waals surface area contributed by atoms with Gasteiger partial charge in [0.15, 0.2) is 0 Å². The number of alkyl halides is 6. The van der Waals surface area contributed by atoms with E-state index in [9.17, 15) is 35.9 Å². The third-order valence-corrected chi connectivity index (χ3v) is 22.4. The van der Waals surface area contributed by atoms with Gasteiger partial charge >= 0.3 is 18.6 Å². The van der Waals surface area contributed by atoms with E-state index >= 15 is 0 Å². The van der Waals surface area contributed by atoms with Crippen LogP contribution >= 0.6 is 11.8 Å². The molecule has 0 saturated carbocycles. The highest BCUT2D eigenvalue weighted by Gasteiger charge is 2.42. The minimum Gasteiger partial charge on any atom is -0.496 e. The van der Waals surface area contributed by atoms with Crippen LogP contribution in [-0.4, -0.2) is 81.4 Å². The number of fused-ring (bicyclic) bond motifs is 1. The van der Waals surface area contributed by atoms with Gasteiger partial charge in [-0.15, -0.1) is 13.2 Å². The zero-order valence-corrected chi connectivity index (χ0v) is 81.1. The lowest BCUT2D eigenvalue weighted by Gasteiger charge is -2.16. The summed E-state index contributed by atoms with van der Waals surface area (Å²) in [5, 5.41) is 9.47. The van der Waals surface area contributed by atoms with Crippen molar-refractivity contribution in [2.45, 2.75) is 323 Å². The number of unbranched alkanes of at least 4 members (excludes halogenated alkanes) is 12. The lowest BCUT2D eigenvalue weighted by molar-refractivity contribution is -0.274. The molecule has 141 heavy (non-hydrogen) atoms. The van der Waals surface area contributed by atoms with Gasteiger partial charge in [0.2, 0.25) is 5.91 Å². The molecular formula is C123H188F6N4O7S. The number of benzene rings is 11. The van der Waals surface area contributed by atoms with Crippen molar-refractivity contribution in [3.05, 3.63) is 351 Å². The Morgan fingerprint density at radius 2 is 0.730 bits per heavy atom. The van der Waals surface area contributed by atoms with Crippen molar-refractivity contribution in [3.8, 4) is 39.9 Å². The van der Waals surface area contributed by atoms with Crippen LogP contribution in [0.3, 0.4) is 0 Å². The van der Waals surface area contributed by atoms with Crippen LogP contribution in [0.4, 0.5) is 31.1 Å². The Balaban J connectivity index is -0.000000288. The molecule has 2 aliphatic heterocycles. The summed E-state index contributed by atoms with van der Waals surface area (Å²) in [6.45, 7) is 30.7. The Hall–Kier alpha value is -11.0. The van der Waals surface area contributed by atoms with Gasteiger partial charge in [0.25, 0.3) is 0 Å². The molecule has 3 unspecified atom stereocenters. The van der Waals surface area contributed by atoms with E-state index in [0.29, 0.717) is 18.3 Å². The normalized spacial score (nSPS) is 12.0. The van der Waals surface area contributed by atoms with Gasteiger partial charge in [-0.3, -0.25) is 4.79 Å². The summed E-state index contributed by atoms with van der Waals surface area (Å²) >= 11 is 1.93. The molecule has 11 aromatic rings. The smallest absolute Gasteiger partial charge is 0.496 e. The first-order valence-corrected chi connectivity index (χ1v) is 47.5. The number of carbonyl (C=O) groups is 2. The van der Waals surface area contributed by atoms with E-state index < -0.39 is 18.1 Å². The molecule has 11 nitrogen and oxygen atoms in total. The Kier molecular flexibility index (Phi) is 87.0. The fourth-order valence-electron chi connectivity index (χ4n) is 12.9. The zero-order chi connectivity index (χ0) is 95.7. The van der Waals surface area contributed by atoms with Crippen LogP contribution in [0.15, 0.2) is 279 Å². The topological polar surface area (TPSA) is 142 Å². The molecule has 0 aliphatic carbocycles. The van der Waals surface area contributed by atoms with Gasteiger partial charge in [0.05, 0.1) is 44.6 Å². The van der Waals surface area contributed by atoms with Gasteiger partial charge in [0, 0.05) is 24.0 Å². The van der Waals surface area contributed by atoms with E-state index in [-0.39, 0.29) is 104 Å². The second kappa shape index (κ2) is 85.8. The van der Waals surface area contributed by atoms with E-state index in [2.05, 4.69) is 236 Å². The number of carbonyl (C=O) groups excluding carboxylic acids is 2. The number of ether oxygens (including phenoxy) is 5. The summed E-state index contributed by atoms with van der Waals surface area (Å²) < 4.78 is 96.2. The third kappa shape index (κ3) is 70.4. The second-order valence-electron chi connectivity index (χ2n) is 33.1. The van der Waals surface area contributed by atoms with E-state index in [1.807, 2.05) is 104 Å². The molecule has 2 saturated heterocycles. The van der Waals surface area contributed by atoms with E-state index in [4.69, 9.17) is 24.7 Å². The van der Waals surface area contributed by atoms with Crippen molar-refractivity contribution in [1.29, 1.82) is 0 Å². The van der Waals surface area contributed by atoms with E-state index in [1.165, 1.54) is 155 Å². The third-order valence-electron chi connectivity index (χ3n) is 20.9. The van der Waals surface area contributed by atoms with Gasteiger partial charge < -0.3 is 45.4 Å². The number of para-hydroxylation sites is 1. The SMILES string of the molecule is C.C.C.C.C.C.C.C.C.C.CCCCCCCc1ccc(C)cc1.CCCCCCOc1ccc(C)cc1.COc1ccccc1C.Cc1ccc(-c2ccccc2)cc1.Cc1ccc(C(F)(F)F)cc1.Cc1ccc(C)cc1.Cc1ccc(OC(F)(F)F)cc1.Cc1ccc(OCCCCCN)cc1.Cc1ccc(OCCCCCNC(=O)CCCCC2SCC3NC(=O)NC32)cc1.Cc1ccccc1. The Labute approximate surface area is 859 Å². The van der Waals surface area contributed by atoms with Gasteiger partial charge in [-0.25, -0.2) is 4.79 Å². The fraction of sp³-hybridized carbons (Fsp3) is 0.447. The molecule has 2 fully saturated rings. The summed E-state index contributed by atoms with van der Waals surface area (Å²) in [6, 6.07) is 90.4. The zero-order valence-electron chi connectivity index (χ0n) is 80.3. The molecule has 5 N–H and O–H groups in total. The van der Waals surface area contributed by atoms with Crippen LogP contribution in [0.2, 0.25) is 0 Å². The Morgan fingerprint density at radius 3 is 1.11 bits per heavy atom. The van der Waals surface area contributed by atoms with Crippen molar-refractivity contribution >= 4 is 23.7 Å². The molecule has 0 aromatic heterocycles. The molecule has 2 aliphatic rings. The van der Waals surface area contributed by atoms with Gasteiger partial charge in [-0.05, 0) is 242 Å². The summed E-state index contributed by atoms with van der Waals surface area (Å²) in [5.41, 5.74) is 22.2. The molecule has 0 spiro atoms. The maximum absolute atomic E-state index is 12.0. The van der Waals surface area contributed by atoms with Crippen LogP contribution < -0.4 is 45.4 Å². The largest absolute Gasteiger partial charge is 0.573 e. The van der Waals surface area contributed by atoms with E-state index in [0.717, 1.165) is 136 Å². The van der Waals surface area contributed by atoms with Gasteiger partial charge in [-0.2, -0.15) is 24.9 Å². The first-order valence-electron chi connectivity index (χ1n) is 46.5. The molecule has 18 heteroatoms. The van der Waals surface area contributed by atoms with Gasteiger partial charge in [-0.1, -0.05) is 407 Å². The average Bonchev–Trinajstić information content (AvgIpc) is 1.66. The number of urea groups is 1. The molecular weight excluding hydrogens is 1790 g/mol. The standard InChI is InChI=1S/C22H33N3O3S.C14H22.C13H20O.C13H12.C12H19NO.C8H7F3O.C8H7F3.C8H10O.C8H10.C7H8.10CH4/c1-16-9-11-17(12-10-16)28-14-6-2-5-13-23-20(26)8-4-3-7-19-21-18(15-29-19)24-22(27)25-21;1-3-4-5-6-7-8-14-11-9-13(2)10-12-14;1-3-4-5-6-11-14-13-9-7-12(2)8-10-13;1-11-7-9-13(10-8-11)12-5-3-2-4-6-12;1-11-5-7-12(8-6-11)14-10-4-2-3-9-13;1-6-2-4-7(5-3-6)12-8(9,10)11;1-6-2-4-7(5-3-6)8(9,10)11;1-7-5-3-4-6-8(7)9-2;1-7-3-5-8(2)6-4-7;1-7-5-3-2-4-6-7;;;;;;;;;;/h9-12,18-19,21H,2-8,13-15H2,1H3,(H,23,26)(H2,24,25,27);9-12H,3-8H2,1-2H3;7-10H,3-6,11H2,1-2H3;2-10H,1H3;5-8H,2-4,9-10,13H2,1H3;2-5H,1H3;2-5H,1H3;3-6H,1-2H3;3-6H,1-2H3;2-6H,1H3;10*1H4. The number of thioether (sulfide) groups is 1. The lowest BCUT2D eigenvalue weighted by atomic mass is 10.0. The predicted molar refractivity (Wildman–Crippen MR) is 604 cm³/mol. The molecule has 2 heterocycles. The van der Waals surface area contributed by atoms with Crippen molar-refractivity contribution < 1.29 is 59.6 Å². The highest BCUT2D eigenvalue weighted by atomic mass is 32.2. The summed E-state index contributed by atoms with van der Waals surface area (Å²) in [7, 11) is 1.68. The molecule has 3 amide bonds. The quantitative estimate of drug-likeness (QED) is 0.0180. The predicted octanol–water partition coefficient (Wildman–Crippen LogP) is 36.6. The molecule has 0 radical (unpaired) electrons. The highest BCUT2D eigenvalue weighted by Crippen LogP contribution is 2.34. The van der Waals surface area contributed by atoms with Crippen molar-refractivity contribution in [2.75, 3.05) is 45.8 Å². The van der Waals surface area contributed by atoms with Crippen LogP contribution in [-0.2, 0) is 17.4 Å². The number of hydrogen-bond acceptors (Lipinski definition) is 9. The number of aryl methyl sites for hydroxylation is 12. The first kappa shape index (κ1) is 143. The molecule has 790 valence electrons. The van der Waals surface area contributed by atoms with Crippen LogP contribution in [0.25, 0.3) is 11.1 Å². The highest BCUT2D eigenvalue weighted by molar-refractivity contribution is 8.00. The Bertz CT molecular complexity index is 4550. The fourth-order valence-corrected chi connectivity index (χ4v) is 14.5. The lowest BCUT2D eigenvalue weighted by Crippen LogP contribution is -2.36. The summed E-state index contributed by atoms with van der Waals surface area (Å²) in [5.74, 6) is 4.78. The van der Waals surface area contributed by atoms with Crippen molar-refractivity contribution in [3.63, 3.8) is 0 Å². The Morgan fingerprint density at radius 1 is 0.383 bits per heavy atom. The average molecular weight is 1980 g/mol. The molecule has 0 bridgehead atoms. The van der Waals surface area contributed by atoms with Crippen LogP contribution in [0.5, 0.6) is 28.7 Å². The minimum absolute atomic E-state index is 0. The second-order valence-corrected chi connectivity index (χ2v) is 34.3. The summed E-state index contributed by atoms with van der Waals surface area (Å²) in [4.78, 5) is 23.3.